The smallest absolute Gasteiger partial charge is 0.193 e. The lowest BCUT2D eigenvalue weighted by molar-refractivity contribution is 0.613. The first kappa shape index (κ1) is 6.29. The minimum absolute atomic E-state index is 0.648. The molecule has 1 heterocycles. The fraction of sp³-hybridized carbons (Fsp3) is 0. The fourth-order valence-corrected chi connectivity index (χ4v) is 1.54. The van der Waals surface area contributed by atoms with Crippen LogP contribution in [0.1, 0.15) is 0 Å². The number of allylic oxidation sites excluding steroid dienone is 3. The zero-order chi connectivity index (χ0) is 6.91. The van der Waals surface area contributed by atoms with Gasteiger partial charge in [0.15, 0.2) is 9.84 Å². The van der Waals surface area contributed by atoms with Crippen molar-refractivity contribution < 1.29 is 8.42 Å². The molecule has 0 radical (unpaired) electrons. The van der Waals surface area contributed by atoms with E-state index in [0.29, 0.717) is 5.57 Å². The first-order chi connectivity index (χ1) is 4.14. The average Bonchev–Trinajstić information content (AvgIpc) is 2.10. The van der Waals surface area contributed by atoms with Gasteiger partial charge in [-0.05, 0) is 11.6 Å². The quantitative estimate of drug-likeness (QED) is 0.547. The van der Waals surface area contributed by atoms with Crippen molar-refractivity contribution in [3.8, 4) is 0 Å². The molecule has 0 amide bonds. The maximum atomic E-state index is 10.6. The monoisotopic (exact) mass is 142 g/mol. The highest BCUT2D eigenvalue weighted by molar-refractivity contribution is 7.97. The van der Waals surface area contributed by atoms with Gasteiger partial charge in [-0.15, -0.1) is 0 Å². The Hall–Kier alpha value is -0.830. The van der Waals surface area contributed by atoms with E-state index in [1.54, 1.807) is 0 Å². The molecule has 2 nitrogen and oxygen atoms in total. The van der Waals surface area contributed by atoms with Crippen LogP contribution in [0.15, 0.2) is 35.1 Å². The summed E-state index contributed by atoms with van der Waals surface area (Å²) < 4.78 is 21.2. The molecule has 0 bridgehead atoms. The number of sulfone groups is 1. The minimum atomic E-state index is -3.02. The SMILES string of the molecule is C=CC1=CS(=O)(=O)C=C1. The van der Waals surface area contributed by atoms with E-state index in [9.17, 15) is 8.42 Å². The molecule has 0 aromatic heterocycles. The van der Waals surface area contributed by atoms with Crippen LogP contribution in [0.4, 0.5) is 0 Å². The lowest BCUT2D eigenvalue weighted by Gasteiger charge is -1.78. The molecule has 0 fully saturated rings. The van der Waals surface area contributed by atoms with Gasteiger partial charge >= 0.3 is 0 Å². The largest absolute Gasteiger partial charge is 0.220 e. The highest BCUT2D eigenvalue weighted by atomic mass is 32.2. The van der Waals surface area contributed by atoms with E-state index in [2.05, 4.69) is 6.58 Å². The molecule has 0 saturated heterocycles. The summed E-state index contributed by atoms with van der Waals surface area (Å²) in [6.07, 6.45) is 3.02. The van der Waals surface area contributed by atoms with Gasteiger partial charge in [0.2, 0.25) is 0 Å². The van der Waals surface area contributed by atoms with Crippen molar-refractivity contribution in [2.24, 2.45) is 0 Å². The summed E-state index contributed by atoms with van der Waals surface area (Å²) in [6, 6.07) is 0. The molecule has 0 unspecified atom stereocenters. The van der Waals surface area contributed by atoms with Crippen LogP contribution >= 0.6 is 0 Å². The molecule has 0 N–H and O–H groups in total. The third kappa shape index (κ3) is 1.29. The normalized spacial score (nSPS) is 21.6. The molecule has 0 aromatic rings. The highest BCUT2D eigenvalue weighted by Crippen LogP contribution is 2.12. The molecular formula is C6H6O2S. The second-order valence-electron chi connectivity index (χ2n) is 1.71. The topological polar surface area (TPSA) is 34.1 Å². The highest BCUT2D eigenvalue weighted by Gasteiger charge is 2.07. The Bertz CT molecular complexity index is 280. The van der Waals surface area contributed by atoms with Gasteiger partial charge < -0.3 is 0 Å². The van der Waals surface area contributed by atoms with Gasteiger partial charge in [0, 0.05) is 10.8 Å². The maximum Gasteiger partial charge on any atom is 0.193 e. The van der Waals surface area contributed by atoms with E-state index >= 15 is 0 Å². The van der Waals surface area contributed by atoms with Crippen LogP contribution in [0, 0.1) is 0 Å². The van der Waals surface area contributed by atoms with Gasteiger partial charge in [0.1, 0.15) is 0 Å². The molecule has 3 heteroatoms. The van der Waals surface area contributed by atoms with Crippen LogP contribution in [0.2, 0.25) is 0 Å². The van der Waals surface area contributed by atoms with Crippen molar-refractivity contribution in [2.75, 3.05) is 0 Å². The van der Waals surface area contributed by atoms with E-state index < -0.39 is 9.84 Å². The van der Waals surface area contributed by atoms with Crippen molar-refractivity contribution in [1.82, 2.24) is 0 Å². The lowest BCUT2D eigenvalue weighted by atomic mass is 10.3. The summed E-state index contributed by atoms with van der Waals surface area (Å²) in [7, 11) is -3.02. The van der Waals surface area contributed by atoms with Gasteiger partial charge in [-0.2, -0.15) is 0 Å². The van der Waals surface area contributed by atoms with E-state index in [0.717, 1.165) is 5.41 Å². The van der Waals surface area contributed by atoms with Crippen LogP contribution in [-0.2, 0) is 9.84 Å². The van der Waals surface area contributed by atoms with Crippen molar-refractivity contribution in [3.63, 3.8) is 0 Å². The van der Waals surface area contributed by atoms with Crippen LogP contribution in [0.25, 0.3) is 0 Å². The van der Waals surface area contributed by atoms with Crippen LogP contribution in [0.3, 0.4) is 0 Å². The summed E-state index contributed by atoms with van der Waals surface area (Å²) in [4.78, 5) is 0. The number of hydrogen-bond acceptors (Lipinski definition) is 2. The van der Waals surface area contributed by atoms with E-state index in [-0.39, 0.29) is 0 Å². The molecular weight excluding hydrogens is 136 g/mol. The molecule has 1 aliphatic heterocycles. The zero-order valence-corrected chi connectivity index (χ0v) is 5.56. The summed E-state index contributed by atoms with van der Waals surface area (Å²) in [5, 5.41) is 2.34. The third-order valence-corrected chi connectivity index (χ3v) is 2.10. The standard InChI is InChI=1S/C6H6O2S/c1-2-6-3-4-9(7,8)5-6/h2-5H,1H2. The third-order valence-electron chi connectivity index (χ3n) is 0.986. The van der Waals surface area contributed by atoms with Crippen molar-refractivity contribution in [1.29, 1.82) is 0 Å². The fourth-order valence-electron chi connectivity index (χ4n) is 0.558. The molecule has 1 aliphatic rings. The molecule has 1 rings (SSSR count). The Labute approximate surface area is 54.1 Å². The maximum absolute atomic E-state index is 10.6. The van der Waals surface area contributed by atoms with E-state index in [1.807, 2.05) is 0 Å². The molecule has 48 valence electrons. The average molecular weight is 142 g/mol. The molecule has 0 saturated carbocycles. The Kier molecular flexibility index (Phi) is 1.29. The Balaban J connectivity index is 3.15. The Morgan fingerprint density at radius 3 is 2.44 bits per heavy atom. The van der Waals surface area contributed by atoms with Crippen molar-refractivity contribution >= 4 is 9.84 Å². The van der Waals surface area contributed by atoms with Crippen LogP contribution in [-0.4, -0.2) is 8.42 Å². The van der Waals surface area contributed by atoms with Gasteiger partial charge in [-0.3, -0.25) is 0 Å². The van der Waals surface area contributed by atoms with Crippen LogP contribution in [0.5, 0.6) is 0 Å². The van der Waals surface area contributed by atoms with E-state index in [1.165, 1.54) is 17.6 Å². The van der Waals surface area contributed by atoms with E-state index in [4.69, 9.17) is 0 Å². The van der Waals surface area contributed by atoms with Gasteiger partial charge in [0.25, 0.3) is 0 Å². The molecule has 0 spiro atoms. The zero-order valence-electron chi connectivity index (χ0n) is 4.74. The summed E-state index contributed by atoms with van der Waals surface area (Å²) in [5.41, 5.74) is 0.648. The van der Waals surface area contributed by atoms with Gasteiger partial charge in [0.05, 0.1) is 0 Å². The van der Waals surface area contributed by atoms with Gasteiger partial charge in [-0.25, -0.2) is 8.42 Å². The second kappa shape index (κ2) is 1.84. The molecule has 0 aliphatic carbocycles. The first-order valence-electron chi connectivity index (χ1n) is 2.41. The summed E-state index contributed by atoms with van der Waals surface area (Å²) >= 11 is 0. The second-order valence-corrected chi connectivity index (χ2v) is 3.40. The van der Waals surface area contributed by atoms with Gasteiger partial charge in [-0.1, -0.05) is 12.7 Å². The predicted molar refractivity (Wildman–Crippen MR) is 36.3 cm³/mol. The Morgan fingerprint density at radius 1 is 1.56 bits per heavy atom. The number of hydrogen-bond donors (Lipinski definition) is 0. The summed E-state index contributed by atoms with van der Waals surface area (Å²) in [6.45, 7) is 3.42. The first-order valence-corrected chi connectivity index (χ1v) is 4.02. The minimum Gasteiger partial charge on any atom is -0.220 e. The molecule has 9 heavy (non-hydrogen) atoms. The van der Waals surface area contributed by atoms with Crippen molar-refractivity contribution in [2.45, 2.75) is 0 Å². The Morgan fingerprint density at radius 2 is 2.22 bits per heavy atom. The molecule has 0 atom stereocenters. The number of rotatable bonds is 1. The molecule has 0 aromatic carbocycles. The van der Waals surface area contributed by atoms with Crippen LogP contribution < -0.4 is 0 Å². The van der Waals surface area contributed by atoms with Crippen molar-refractivity contribution in [3.05, 3.63) is 35.1 Å². The predicted octanol–water partition coefficient (Wildman–Crippen LogP) is 0.998. The lowest BCUT2D eigenvalue weighted by Crippen LogP contribution is -1.81. The summed E-state index contributed by atoms with van der Waals surface area (Å²) in [5.74, 6) is 0.